The Morgan fingerprint density at radius 1 is 1.35 bits per heavy atom. The van der Waals surface area contributed by atoms with Crippen LogP contribution in [0.1, 0.15) is 24.1 Å². The molecule has 0 fully saturated rings. The van der Waals surface area contributed by atoms with Gasteiger partial charge in [0.15, 0.2) is 5.58 Å². The van der Waals surface area contributed by atoms with Gasteiger partial charge in [0.25, 0.3) is 5.22 Å². The Bertz CT molecular complexity index is 966. The minimum Gasteiger partial charge on any atom is -0.431 e. The molecule has 0 bridgehead atoms. The van der Waals surface area contributed by atoms with Gasteiger partial charge in [-0.25, -0.2) is 4.98 Å². The summed E-state index contributed by atoms with van der Waals surface area (Å²) in [5.74, 6) is 0.130. The fourth-order valence-corrected chi connectivity index (χ4v) is 3.57. The molecule has 1 aliphatic rings. The van der Waals surface area contributed by atoms with E-state index in [4.69, 9.17) is 4.42 Å². The standard InChI is InChI=1S/C19H17N3O3S/c1-11(12-6-7-14-13(8-12)9-17(23)21-14)20-18(24)10-26-19-22-15-4-2-3-5-16(15)25-19/h2-8,11H,9-10H2,1H3,(H,20,24)(H,21,23)/t11-/m1/s1. The van der Waals surface area contributed by atoms with E-state index in [0.717, 1.165) is 22.3 Å². The van der Waals surface area contributed by atoms with Gasteiger partial charge in [0, 0.05) is 5.69 Å². The van der Waals surface area contributed by atoms with Crippen LogP contribution in [0.5, 0.6) is 0 Å². The van der Waals surface area contributed by atoms with E-state index in [-0.39, 0.29) is 23.6 Å². The number of thioether (sulfide) groups is 1. The van der Waals surface area contributed by atoms with Crippen LogP contribution in [0.15, 0.2) is 52.1 Å². The third-order valence-electron chi connectivity index (χ3n) is 4.23. The number of hydrogen-bond donors (Lipinski definition) is 2. The smallest absolute Gasteiger partial charge is 0.257 e. The highest BCUT2D eigenvalue weighted by Gasteiger charge is 2.19. The molecule has 2 aromatic carbocycles. The molecule has 0 spiro atoms. The third-order valence-corrected chi connectivity index (χ3v) is 5.06. The summed E-state index contributed by atoms with van der Waals surface area (Å²) in [5.41, 5.74) is 4.29. The predicted molar refractivity (Wildman–Crippen MR) is 100 cm³/mol. The molecule has 0 aliphatic carbocycles. The Morgan fingerprint density at radius 2 is 2.19 bits per heavy atom. The molecule has 1 aromatic heterocycles. The van der Waals surface area contributed by atoms with Crippen molar-refractivity contribution in [1.29, 1.82) is 0 Å². The summed E-state index contributed by atoms with van der Waals surface area (Å²) >= 11 is 1.27. The largest absolute Gasteiger partial charge is 0.431 e. The van der Waals surface area contributed by atoms with Crippen molar-refractivity contribution in [3.8, 4) is 0 Å². The van der Waals surface area contributed by atoms with Crippen LogP contribution in [0.2, 0.25) is 0 Å². The van der Waals surface area contributed by atoms with Gasteiger partial charge in [0.05, 0.1) is 18.2 Å². The van der Waals surface area contributed by atoms with Crippen molar-refractivity contribution >= 4 is 40.4 Å². The van der Waals surface area contributed by atoms with Crippen molar-refractivity contribution < 1.29 is 14.0 Å². The Morgan fingerprint density at radius 3 is 3.04 bits per heavy atom. The van der Waals surface area contributed by atoms with Gasteiger partial charge in [-0.15, -0.1) is 0 Å². The Hall–Kier alpha value is -2.80. The number of carbonyl (C=O) groups excluding carboxylic acids is 2. The lowest BCUT2D eigenvalue weighted by Gasteiger charge is -2.15. The number of nitrogens with zero attached hydrogens (tertiary/aromatic N) is 1. The first-order valence-corrected chi connectivity index (χ1v) is 9.27. The number of carbonyl (C=O) groups is 2. The molecule has 0 saturated carbocycles. The Kier molecular flexibility index (Phi) is 4.38. The van der Waals surface area contributed by atoms with Gasteiger partial charge in [-0.05, 0) is 36.2 Å². The number of fused-ring (bicyclic) bond motifs is 2. The lowest BCUT2D eigenvalue weighted by atomic mass is 10.0. The number of para-hydroxylation sites is 2. The predicted octanol–water partition coefficient (Wildman–Crippen LogP) is 3.29. The van der Waals surface area contributed by atoms with Crippen molar-refractivity contribution in [2.75, 3.05) is 11.1 Å². The highest BCUT2D eigenvalue weighted by molar-refractivity contribution is 7.99. The average Bonchev–Trinajstić information content (AvgIpc) is 3.20. The zero-order valence-electron chi connectivity index (χ0n) is 14.1. The minimum atomic E-state index is -0.146. The molecule has 1 aliphatic heterocycles. The van der Waals surface area contributed by atoms with Gasteiger partial charge in [0.1, 0.15) is 5.52 Å². The fraction of sp³-hybridized carbons (Fsp3) is 0.211. The maximum atomic E-state index is 12.2. The Labute approximate surface area is 154 Å². The molecular formula is C19H17N3O3S. The SMILES string of the molecule is C[C@@H](NC(=O)CSc1nc2ccccc2o1)c1ccc2c(c1)CC(=O)N2. The van der Waals surface area contributed by atoms with Crippen molar-refractivity contribution in [3.63, 3.8) is 0 Å². The van der Waals surface area contributed by atoms with Gasteiger partial charge >= 0.3 is 0 Å². The first kappa shape index (κ1) is 16.7. The van der Waals surface area contributed by atoms with E-state index in [1.807, 2.05) is 49.4 Å². The van der Waals surface area contributed by atoms with E-state index < -0.39 is 0 Å². The van der Waals surface area contributed by atoms with E-state index in [2.05, 4.69) is 15.6 Å². The van der Waals surface area contributed by atoms with E-state index in [9.17, 15) is 9.59 Å². The van der Waals surface area contributed by atoms with E-state index in [1.165, 1.54) is 11.8 Å². The second kappa shape index (κ2) is 6.84. The average molecular weight is 367 g/mol. The number of anilines is 1. The van der Waals surface area contributed by atoms with Crippen molar-refractivity contribution in [2.24, 2.45) is 0 Å². The first-order chi connectivity index (χ1) is 12.6. The van der Waals surface area contributed by atoms with Crippen LogP contribution in [-0.2, 0) is 16.0 Å². The summed E-state index contributed by atoms with van der Waals surface area (Å²) in [6.45, 7) is 1.92. The zero-order valence-corrected chi connectivity index (χ0v) is 14.9. The topological polar surface area (TPSA) is 84.2 Å². The highest BCUT2D eigenvalue weighted by Crippen LogP contribution is 2.27. The molecular weight excluding hydrogens is 350 g/mol. The van der Waals surface area contributed by atoms with E-state index >= 15 is 0 Å². The second-order valence-corrected chi connectivity index (χ2v) is 7.09. The molecule has 1 atom stereocenters. The lowest BCUT2D eigenvalue weighted by Crippen LogP contribution is -2.28. The van der Waals surface area contributed by atoms with Crippen LogP contribution < -0.4 is 10.6 Å². The number of amides is 2. The molecule has 2 heterocycles. The fourth-order valence-electron chi connectivity index (χ4n) is 2.93. The Balaban J connectivity index is 1.35. The third kappa shape index (κ3) is 3.43. The number of nitrogens with one attached hydrogen (secondary N) is 2. The molecule has 7 heteroatoms. The molecule has 26 heavy (non-hydrogen) atoms. The van der Waals surface area contributed by atoms with E-state index in [1.54, 1.807) is 0 Å². The maximum Gasteiger partial charge on any atom is 0.257 e. The zero-order chi connectivity index (χ0) is 18.1. The number of hydrogen-bond acceptors (Lipinski definition) is 5. The molecule has 0 radical (unpaired) electrons. The van der Waals surface area contributed by atoms with Crippen LogP contribution in [0.4, 0.5) is 5.69 Å². The summed E-state index contributed by atoms with van der Waals surface area (Å²) < 4.78 is 5.60. The molecule has 6 nitrogen and oxygen atoms in total. The van der Waals surface area contributed by atoms with Gasteiger partial charge in [-0.1, -0.05) is 36.0 Å². The maximum absolute atomic E-state index is 12.2. The van der Waals surface area contributed by atoms with Crippen molar-refractivity contribution in [3.05, 3.63) is 53.6 Å². The summed E-state index contributed by atoms with van der Waals surface area (Å²) in [7, 11) is 0. The summed E-state index contributed by atoms with van der Waals surface area (Å²) in [6.07, 6.45) is 0.386. The quantitative estimate of drug-likeness (QED) is 0.676. The minimum absolute atomic E-state index is 0.00331. The van der Waals surface area contributed by atoms with E-state index in [0.29, 0.717) is 17.2 Å². The summed E-state index contributed by atoms with van der Waals surface area (Å²) in [5, 5.41) is 6.26. The van der Waals surface area contributed by atoms with Crippen LogP contribution in [0, 0.1) is 0 Å². The molecule has 0 unspecified atom stereocenters. The van der Waals surface area contributed by atoms with Crippen LogP contribution in [0.3, 0.4) is 0 Å². The lowest BCUT2D eigenvalue weighted by molar-refractivity contribution is -0.119. The van der Waals surface area contributed by atoms with Gasteiger partial charge in [-0.2, -0.15) is 0 Å². The summed E-state index contributed by atoms with van der Waals surface area (Å²) in [6, 6.07) is 13.1. The van der Waals surface area contributed by atoms with Crippen LogP contribution in [0.25, 0.3) is 11.1 Å². The van der Waals surface area contributed by atoms with Gasteiger partial charge in [-0.3, -0.25) is 9.59 Å². The number of aromatic nitrogens is 1. The molecule has 0 saturated heterocycles. The number of oxazole rings is 1. The van der Waals surface area contributed by atoms with Gasteiger partial charge < -0.3 is 15.1 Å². The van der Waals surface area contributed by atoms with Crippen molar-refractivity contribution in [1.82, 2.24) is 10.3 Å². The molecule has 2 amide bonds. The van der Waals surface area contributed by atoms with Crippen LogP contribution in [-0.4, -0.2) is 22.6 Å². The molecule has 132 valence electrons. The molecule has 4 rings (SSSR count). The first-order valence-electron chi connectivity index (χ1n) is 8.29. The van der Waals surface area contributed by atoms with Crippen LogP contribution >= 0.6 is 11.8 Å². The second-order valence-electron chi connectivity index (χ2n) is 6.17. The van der Waals surface area contributed by atoms with Gasteiger partial charge in [0.2, 0.25) is 11.8 Å². The number of benzene rings is 2. The molecule has 2 N–H and O–H groups in total. The highest BCUT2D eigenvalue weighted by atomic mass is 32.2. The molecule has 3 aromatic rings. The normalized spacial score (nSPS) is 14.1. The number of rotatable bonds is 5. The van der Waals surface area contributed by atoms with Crippen molar-refractivity contribution in [2.45, 2.75) is 24.6 Å². The monoisotopic (exact) mass is 367 g/mol. The summed E-state index contributed by atoms with van der Waals surface area (Å²) in [4.78, 5) is 28.0.